The molecule has 0 saturated carbocycles. The molecule has 0 aromatic rings. The van der Waals surface area contributed by atoms with E-state index in [0.717, 1.165) is 6.42 Å². The average Bonchev–Trinajstić information content (AvgIpc) is 1.83. The number of hydrogen-bond donors (Lipinski definition) is 0. The third kappa shape index (κ3) is 3.53. The van der Waals surface area contributed by atoms with E-state index < -0.39 is 0 Å². The van der Waals surface area contributed by atoms with Crippen LogP contribution in [0.25, 0.3) is 0 Å². The van der Waals surface area contributed by atoms with E-state index in [2.05, 4.69) is 30.8 Å². The fourth-order valence-electron chi connectivity index (χ4n) is 0.266. The van der Waals surface area contributed by atoms with Crippen molar-refractivity contribution in [3.8, 4) is 0 Å². The molecule has 0 amide bonds. The zero-order valence-corrected chi connectivity index (χ0v) is 5.46. The summed E-state index contributed by atoms with van der Waals surface area (Å²) in [5.41, 5.74) is 0. The average molecular weight is 112 g/mol. The van der Waals surface area contributed by atoms with E-state index in [1.807, 2.05) is 0 Å². The van der Waals surface area contributed by atoms with Gasteiger partial charge in [0.15, 0.2) is 0 Å². The Kier molecular flexibility index (Phi) is 4.13. The fraction of sp³-hybridized carbons (Fsp3) is 0.667. The molecule has 0 aliphatic carbocycles. The third-order valence-electron chi connectivity index (χ3n) is 1.05. The van der Waals surface area contributed by atoms with Gasteiger partial charge in [0, 0.05) is 12.9 Å². The molecule has 0 spiro atoms. The topological polar surface area (TPSA) is 24.7 Å². The van der Waals surface area contributed by atoms with E-state index >= 15 is 0 Å². The Balaban J connectivity index is 3.35. The molecule has 0 aliphatic rings. The molecule has 0 fully saturated rings. The van der Waals surface area contributed by atoms with E-state index in [-0.39, 0.29) is 0 Å². The summed E-state index contributed by atoms with van der Waals surface area (Å²) in [6.45, 7) is 7.42. The molecular weight excluding hydrogens is 100 g/mol. The van der Waals surface area contributed by atoms with Gasteiger partial charge in [-0.05, 0) is 12.3 Å². The van der Waals surface area contributed by atoms with Crippen LogP contribution in [-0.4, -0.2) is 12.9 Å². The van der Waals surface area contributed by atoms with Crippen LogP contribution in [0.4, 0.5) is 0 Å². The summed E-state index contributed by atoms with van der Waals surface area (Å²) in [7, 11) is 0. The Morgan fingerprint density at radius 3 is 2.75 bits per heavy atom. The molecule has 0 N–H and O–H groups in total. The predicted molar refractivity (Wildman–Crippen MR) is 37.5 cm³/mol. The van der Waals surface area contributed by atoms with Crippen LogP contribution in [0, 0.1) is 5.92 Å². The molecule has 0 aromatic carbocycles. The van der Waals surface area contributed by atoms with E-state index in [0.29, 0.717) is 5.92 Å². The highest BCUT2D eigenvalue weighted by Crippen LogP contribution is 1.94. The highest BCUT2D eigenvalue weighted by molar-refractivity contribution is 5.60. The van der Waals surface area contributed by atoms with Crippen LogP contribution >= 0.6 is 0 Å². The third-order valence-corrected chi connectivity index (χ3v) is 1.05. The van der Waals surface area contributed by atoms with Crippen LogP contribution in [-0.2, 0) is 0 Å². The molecule has 0 radical (unpaired) electrons. The summed E-state index contributed by atoms with van der Waals surface area (Å²) in [6, 6.07) is 0. The van der Waals surface area contributed by atoms with Crippen molar-refractivity contribution in [3.05, 3.63) is 0 Å². The van der Waals surface area contributed by atoms with E-state index in [1.165, 1.54) is 0 Å². The van der Waals surface area contributed by atoms with Crippen LogP contribution in [0.1, 0.15) is 20.3 Å². The largest absolute Gasteiger partial charge is 0.167 e. The highest BCUT2D eigenvalue weighted by atomic mass is 15.2. The minimum absolute atomic E-state index is 0.528. The van der Waals surface area contributed by atoms with Crippen molar-refractivity contribution >= 4 is 12.9 Å². The standard InChI is InChI=1S/C6H12N2/c1-4-6(2)5-8-7-3/h5-6H,3-4H2,1-2H3/b8-5-. The lowest BCUT2D eigenvalue weighted by molar-refractivity contribution is 0.752. The lowest BCUT2D eigenvalue weighted by Gasteiger charge is -1.94. The molecule has 0 aliphatic heterocycles. The lowest BCUT2D eigenvalue weighted by Crippen LogP contribution is -1.90. The molecule has 1 unspecified atom stereocenters. The second-order valence-corrected chi connectivity index (χ2v) is 1.79. The molecule has 0 bridgehead atoms. The van der Waals surface area contributed by atoms with Crippen molar-refractivity contribution in [2.75, 3.05) is 0 Å². The first-order valence-electron chi connectivity index (χ1n) is 2.80. The van der Waals surface area contributed by atoms with Gasteiger partial charge in [-0.15, -0.1) is 0 Å². The summed E-state index contributed by atoms with van der Waals surface area (Å²) >= 11 is 0. The minimum Gasteiger partial charge on any atom is -0.167 e. The van der Waals surface area contributed by atoms with Gasteiger partial charge in [-0.2, -0.15) is 10.2 Å². The van der Waals surface area contributed by atoms with Crippen LogP contribution in [0.2, 0.25) is 0 Å². The van der Waals surface area contributed by atoms with Crippen molar-refractivity contribution in [1.82, 2.24) is 0 Å². The Hall–Kier alpha value is -0.660. The van der Waals surface area contributed by atoms with Crippen molar-refractivity contribution in [3.63, 3.8) is 0 Å². The molecule has 0 heterocycles. The Morgan fingerprint density at radius 1 is 1.75 bits per heavy atom. The summed E-state index contributed by atoms with van der Waals surface area (Å²) in [5, 5.41) is 6.97. The predicted octanol–water partition coefficient (Wildman–Crippen LogP) is 1.72. The van der Waals surface area contributed by atoms with Gasteiger partial charge in [-0.3, -0.25) is 0 Å². The maximum atomic E-state index is 3.63. The summed E-state index contributed by atoms with van der Waals surface area (Å²) < 4.78 is 0. The molecule has 46 valence electrons. The van der Waals surface area contributed by atoms with Gasteiger partial charge in [0.25, 0.3) is 0 Å². The second-order valence-electron chi connectivity index (χ2n) is 1.79. The van der Waals surface area contributed by atoms with E-state index in [1.54, 1.807) is 6.21 Å². The minimum atomic E-state index is 0.528. The Bertz CT molecular complexity index is 86.5. The van der Waals surface area contributed by atoms with Crippen LogP contribution in [0.3, 0.4) is 0 Å². The monoisotopic (exact) mass is 112 g/mol. The maximum Gasteiger partial charge on any atom is 0.0298 e. The summed E-state index contributed by atoms with van der Waals surface area (Å²) in [6.07, 6.45) is 2.91. The van der Waals surface area contributed by atoms with Crippen LogP contribution in [0.5, 0.6) is 0 Å². The molecule has 2 nitrogen and oxygen atoms in total. The van der Waals surface area contributed by atoms with Crippen molar-refractivity contribution < 1.29 is 0 Å². The Labute approximate surface area is 50.3 Å². The molecular formula is C6H12N2. The summed E-state index contributed by atoms with van der Waals surface area (Å²) in [4.78, 5) is 0. The summed E-state index contributed by atoms with van der Waals surface area (Å²) in [5.74, 6) is 0.528. The fourth-order valence-corrected chi connectivity index (χ4v) is 0.266. The number of hydrogen-bond acceptors (Lipinski definition) is 2. The van der Waals surface area contributed by atoms with Gasteiger partial charge in [-0.1, -0.05) is 13.8 Å². The molecule has 2 heteroatoms. The van der Waals surface area contributed by atoms with Gasteiger partial charge in [-0.25, -0.2) is 0 Å². The zero-order chi connectivity index (χ0) is 6.41. The zero-order valence-electron chi connectivity index (χ0n) is 5.46. The first-order chi connectivity index (χ1) is 3.81. The van der Waals surface area contributed by atoms with Gasteiger partial charge in [0.2, 0.25) is 0 Å². The highest BCUT2D eigenvalue weighted by Gasteiger charge is 1.88. The normalized spacial score (nSPS) is 14.2. The van der Waals surface area contributed by atoms with E-state index in [4.69, 9.17) is 0 Å². The number of rotatable bonds is 3. The second kappa shape index (κ2) is 4.50. The first-order valence-corrected chi connectivity index (χ1v) is 2.80. The van der Waals surface area contributed by atoms with Crippen molar-refractivity contribution in [2.45, 2.75) is 20.3 Å². The van der Waals surface area contributed by atoms with Gasteiger partial charge in [0.1, 0.15) is 0 Å². The van der Waals surface area contributed by atoms with Crippen LogP contribution in [0.15, 0.2) is 10.2 Å². The lowest BCUT2D eigenvalue weighted by atomic mass is 10.1. The molecule has 0 saturated heterocycles. The first kappa shape index (κ1) is 7.34. The smallest absolute Gasteiger partial charge is 0.0298 e. The van der Waals surface area contributed by atoms with E-state index in [9.17, 15) is 0 Å². The quantitative estimate of drug-likeness (QED) is 0.392. The van der Waals surface area contributed by atoms with Crippen LogP contribution < -0.4 is 0 Å². The van der Waals surface area contributed by atoms with Crippen molar-refractivity contribution in [1.29, 1.82) is 0 Å². The van der Waals surface area contributed by atoms with Crippen molar-refractivity contribution in [2.24, 2.45) is 16.1 Å². The van der Waals surface area contributed by atoms with Gasteiger partial charge >= 0.3 is 0 Å². The van der Waals surface area contributed by atoms with Gasteiger partial charge < -0.3 is 0 Å². The SMILES string of the molecule is C=N/N=C\C(C)CC. The molecule has 0 aromatic heterocycles. The van der Waals surface area contributed by atoms with Gasteiger partial charge in [0.05, 0.1) is 0 Å². The number of nitrogens with zero attached hydrogens (tertiary/aromatic N) is 2. The maximum absolute atomic E-state index is 3.63. The molecule has 1 atom stereocenters. The molecule has 0 rings (SSSR count). The molecule has 8 heavy (non-hydrogen) atoms. The Morgan fingerprint density at radius 2 is 2.38 bits per heavy atom.